The summed E-state index contributed by atoms with van der Waals surface area (Å²) in [4.78, 5) is 2.49. The molecule has 2 aromatic carbocycles. The minimum atomic E-state index is -0.968. The highest BCUT2D eigenvalue weighted by Crippen LogP contribution is 2.41. The Labute approximate surface area is 146 Å². The Morgan fingerprint density at radius 1 is 0.917 bits per heavy atom. The van der Waals surface area contributed by atoms with Crippen molar-refractivity contribution in [3.63, 3.8) is 0 Å². The van der Waals surface area contributed by atoms with Gasteiger partial charge in [0.25, 0.3) is 0 Å². The van der Waals surface area contributed by atoms with Crippen LogP contribution in [0, 0.1) is 5.41 Å². The summed E-state index contributed by atoms with van der Waals surface area (Å²) in [6.07, 6.45) is 2.17. The third kappa shape index (κ3) is 3.40. The van der Waals surface area contributed by atoms with Crippen LogP contribution in [-0.2, 0) is 5.60 Å². The molecule has 1 saturated heterocycles. The molecule has 0 amide bonds. The van der Waals surface area contributed by atoms with Gasteiger partial charge in [0.2, 0.25) is 0 Å². The predicted molar refractivity (Wildman–Crippen MR) is 99.9 cm³/mol. The quantitative estimate of drug-likeness (QED) is 0.899. The lowest BCUT2D eigenvalue weighted by atomic mass is 9.78. The van der Waals surface area contributed by atoms with Crippen molar-refractivity contribution in [3.05, 3.63) is 71.8 Å². The van der Waals surface area contributed by atoms with Crippen LogP contribution in [0.15, 0.2) is 60.7 Å². The van der Waals surface area contributed by atoms with E-state index >= 15 is 0 Å². The van der Waals surface area contributed by atoms with E-state index in [-0.39, 0.29) is 11.5 Å². The van der Waals surface area contributed by atoms with Gasteiger partial charge in [0, 0.05) is 12.6 Å². The average molecular weight is 323 g/mol. The first-order valence-electron chi connectivity index (χ1n) is 8.99. The molecule has 1 heterocycles. The molecule has 1 fully saturated rings. The maximum atomic E-state index is 12.0. The van der Waals surface area contributed by atoms with Crippen molar-refractivity contribution >= 4 is 0 Å². The standard InChI is InChI=1S/C22H29NO/c1-21(2,3)17-23-16-10-15-20(23)22(24,18-11-6-4-7-12-18)19-13-8-5-9-14-19/h4-9,11-14,20,24H,10,15-17H2,1-3H3/t20-/m0/s1. The lowest BCUT2D eigenvalue weighted by Gasteiger charge is -2.42. The van der Waals surface area contributed by atoms with Crippen molar-refractivity contribution in [1.29, 1.82) is 0 Å². The zero-order valence-electron chi connectivity index (χ0n) is 15.1. The van der Waals surface area contributed by atoms with Gasteiger partial charge in [-0.1, -0.05) is 81.4 Å². The molecule has 1 atom stereocenters. The second-order valence-electron chi connectivity index (χ2n) is 8.19. The van der Waals surface area contributed by atoms with E-state index in [1.165, 1.54) is 0 Å². The van der Waals surface area contributed by atoms with Gasteiger partial charge in [-0.2, -0.15) is 0 Å². The number of aliphatic hydroxyl groups is 1. The molecule has 0 aliphatic carbocycles. The number of hydrogen-bond acceptors (Lipinski definition) is 2. The average Bonchev–Trinajstić information content (AvgIpc) is 3.02. The molecular weight excluding hydrogens is 294 g/mol. The molecule has 2 aromatic rings. The van der Waals surface area contributed by atoms with Crippen LogP contribution in [0.4, 0.5) is 0 Å². The minimum absolute atomic E-state index is 0.113. The summed E-state index contributed by atoms with van der Waals surface area (Å²) in [5.41, 5.74) is 1.23. The van der Waals surface area contributed by atoms with E-state index in [1.807, 2.05) is 36.4 Å². The molecule has 0 saturated carbocycles. The topological polar surface area (TPSA) is 23.5 Å². The summed E-state index contributed by atoms with van der Waals surface area (Å²) >= 11 is 0. The maximum Gasteiger partial charge on any atom is 0.130 e. The SMILES string of the molecule is CC(C)(C)CN1CCC[C@H]1C(O)(c1ccccc1)c1ccccc1. The zero-order valence-corrected chi connectivity index (χ0v) is 15.1. The fourth-order valence-corrected chi connectivity index (χ4v) is 4.03. The first-order chi connectivity index (χ1) is 11.4. The Kier molecular flexibility index (Phi) is 4.80. The molecule has 1 aliphatic rings. The van der Waals surface area contributed by atoms with E-state index < -0.39 is 5.60 Å². The third-order valence-electron chi connectivity index (χ3n) is 4.95. The second-order valence-corrected chi connectivity index (χ2v) is 8.19. The highest BCUT2D eigenvalue weighted by atomic mass is 16.3. The third-order valence-corrected chi connectivity index (χ3v) is 4.95. The first kappa shape index (κ1) is 17.2. The van der Waals surface area contributed by atoms with E-state index in [0.717, 1.165) is 37.1 Å². The Hall–Kier alpha value is -1.64. The molecule has 0 unspecified atom stereocenters. The van der Waals surface area contributed by atoms with Gasteiger partial charge in [-0.3, -0.25) is 4.90 Å². The highest BCUT2D eigenvalue weighted by Gasteiger charge is 2.45. The van der Waals surface area contributed by atoms with E-state index in [0.29, 0.717) is 0 Å². The second kappa shape index (κ2) is 6.70. The summed E-state index contributed by atoms with van der Waals surface area (Å²) in [5.74, 6) is 0. The summed E-state index contributed by atoms with van der Waals surface area (Å²) in [7, 11) is 0. The zero-order chi connectivity index (χ0) is 17.2. The van der Waals surface area contributed by atoms with Crippen molar-refractivity contribution in [2.45, 2.75) is 45.3 Å². The van der Waals surface area contributed by atoms with Crippen molar-refractivity contribution in [3.8, 4) is 0 Å². The molecule has 2 nitrogen and oxygen atoms in total. The van der Waals surface area contributed by atoms with Crippen LogP contribution in [0.25, 0.3) is 0 Å². The van der Waals surface area contributed by atoms with Crippen molar-refractivity contribution in [2.24, 2.45) is 5.41 Å². The van der Waals surface area contributed by atoms with Gasteiger partial charge >= 0.3 is 0 Å². The molecule has 0 spiro atoms. The molecule has 24 heavy (non-hydrogen) atoms. The van der Waals surface area contributed by atoms with E-state index in [9.17, 15) is 5.11 Å². The van der Waals surface area contributed by atoms with Gasteiger partial charge in [-0.15, -0.1) is 0 Å². The van der Waals surface area contributed by atoms with Crippen LogP contribution >= 0.6 is 0 Å². The Bertz CT molecular complexity index is 605. The predicted octanol–water partition coefficient (Wildman–Crippen LogP) is 4.43. The number of nitrogens with zero attached hydrogens (tertiary/aromatic N) is 1. The van der Waals surface area contributed by atoms with Gasteiger partial charge in [-0.05, 0) is 35.9 Å². The summed E-state index contributed by atoms with van der Waals surface area (Å²) in [6.45, 7) is 8.87. The van der Waals surface area contributed by atoms with Gasteiger partial charge in [-0.25, -0.2) is 0 Å². The molecule has 0 radical (unpaired) electrons. The van der Waals surface area contributed by atoms with E-state index in [4.69, 9.17) is 0 Å². The largest absolute Gasteiger partial charge is 0.379 e. The van der Waals surface area contributed by atoms with Crippen LogP contribution < -0.4 is 0 Å². The van der Waals surface area contributed by atoms with E-state index in [1.54, 1.807) is 0 Å². The first-order valence-corrected chi connectivity index (χ1v) is 8.99. The van der Waals surface area contributed by atoms with Gasteiger partial charge in [0.05, 0.1) is 0 Å². The van der Waals surface area contributed by atoms with Crippen LogP contribution in [0.3, 0.4) is 0 Å². The number of likely N-dealkylation sites (tertiary alicyclic amines) is 1. The monoisotopic (exact) mass is 323 g/mol. The normalized spacial score (nSPS) is 19.6. The maximum absolute atomic E-state index is 12.0. The molecule has 3 rings (SSSR count). The molecule has 1 N–H and O–H groups in total. The minimum Gasteiger partial charge on any atom is -0.379 e. The summed E-state index contributed by atoms with van der Waals surface area (Å²) < 4.78 is 0. The molecular formula is C22H29NO. The van der Waals surface area contributed by atoms with Crippen LogP contribution in [0.2, 0.25) is 0 Å². The number of benzene rings is 2. The van der Waals surface area contributed by atoms with Crippen LogP contribution in [-0.4, -0.2) is 29.1 Å². The molecule has 128 valence electrons. The molecule has 0 aromatic heterocycles. The highest BCUT2D eigenvalue weighted by molar-refractivity contribution is 5.38. The van der Waals surface area contributed by atoms with Crippen molar-refractivity contribution in [2.75, 3.05) is 13.1 Å². The molecule has 2 heteroatoms. The van der Waals surface area contributed by atoms with Crippen LogP contribution in [0.5, 0.6) is 0 Å². The molecule has 1 aliphatic heterocycles. The van der Waals surface area contributed by atoms with Crippen LogP contribution in [0.1, 0.15) is 44.7 Å². The fraction of sp³-hybridized carbons (Fsp3) is 0.455. The lowest BCUT2D eigenvalue weighted by Crippen LogP contribution is -2.50. The van der Waals surface area contributed by atoms with Gasteiger partial charge in [0.1, 0.15) is 5.60 Å². The van der Waals surface area contributed by atoms with Gasteiger partial charge in [0.15, 0.2) is 0 Å². The van der Waals surface area contributed by atoms with Crippen molar-refractivity contribution < 1.29 is 5.11 Å². The smallest absolute Gasteiger partial charge is 0.130 e. The Balaban J connectivity index is 2.05. The lowest BCUT2D eigenvalue weighted by molar-refractivity contribution is -0.0129. The Morgan fingerprint density at radius 2 is 1.42 bits per heavy atom. The summed E-state index contributed by atoms with van der Waals surface area (Å²) in [5, 5.41) is 12.0. The van der Waals surface area contributed by atoms with E-state index in [2.05, 4.69) is 49.9 Å². The van der Waals surface area contributed by atoms with Gasteiger partial charge < -0.3 is 5.11 Å². The molecule has 0 bridgehead atoms. The summed E-state index contributed by atoms with van der Waals surface area (Å²) in [6, 6.07) is 20.4. The number of rotatable bonds is 4. The van der Waals surface area contributed by atoms with Crippen molar-refractivity contribution in [1.82, 2.24) is 4.90 Å². The fourth-order valence-electron chi connectivity index (χ4n) is 4.03. The number of hydrogen-bond donors (Lipinski definition) is 1. The Morgan fingerprint density at radius 3 is 1.88 bits per heavy atom.